The summed E-state index contributed by atoms with van der Waals surface area (Å²) in [5.74, 6) is -1.34. The molecule has 280 valence electrons. The van der Waals surface area contributed by atoms with Gasteiger partial charge in [0, 0.05) is 43.2 Å². The standard InChI is InChI=1S/C37H42N6O9S/c1-23-5-14-30(53(49,50)43-15-17-51-18-16-43)21-31(23)28-4-2-3-25(19-28)20-32(40-34(44)27-8-6-24(7-9-27)22-38-36(46)47)35(45)39-29-12-10-26(11-13-29)33-41-37(48)52-42-33/h2-5,10-14,19,21,24,27,32,38H,6-9,15-18,20,22H2,1H3,(H,39,45)(H,40,44)(H,46,47)(H,41,42,48)/t24?,27?,32-/m0/s1. The van der Waals surface area contributed by atoms with Crippen molar-refractivity contribution in [1.82, 2.24) is 25.1 Å². The minimum absolute atomic E-state index is 0.140. The van der Waals surface area contributed by atoms with Gasteiger partial charge in [-0.25, -0.2) is 18.0 Å². The van der Waals surface area contributed by atoms with Crippen LogP contribution in [0.5, 0.6) is 0 Å². The molecule has 0 spiro atoms. The number of nitrogens with zero attached hydrogens (tertiary/aromatic N) is 2. The zero-order chi connectivity index (χ0) is 37.5. The van der Waals surface area contributed by atoms with Gasteiger partial charge in [-0.15, -0.1) is 0 Å². The Balaban J connectivity index is 1.21. The van der Waals surface area contributed by atoms with Gasteiger partial charge < -0.3 is 25.8 Å². The number of benzene rings is 3. The van der Waals surface area contributed by atoms with Crippen LogP contribution in [0.2, 0.25) is 0 Å². The number of hydrogen-bond acceptors (Lipinski definition) is 9. The zero-order valence-electron chi connectivity index (χ0n) is 29.2. The lowest BCUT2D eigenvalue weighted by atomic mass is 9.81. The van der Waals surface area contributed by atoms with E-state index in [1.165, 1.54) is 4.31 Å². The van der Waals surface area contributed by atoms with E-state index in [9.17, 15) is 27.6 Å². The topological polar surface area (TPSA) is 213 Å². The Hall–Kier alpha value is -5.32. The number of carbonyl (C=O) groups excluding carboxylic acids is 2. The second kappa shape index (κ2) is 16.6. The monoisotopic (exact) mass is 746 g/mol. The summed E-state index contributed by atoms with van der Waals surface area (Å²) >= 11 is 0. The minimum atomic E-state index is -3.73. The number of amides is 3. The number of morpholine rings is 1. The quantitative estimate of drug-likeness (QED) is 0.142. The van der Waals surface area contributed by atoms with E-state index in [1.54, 1.807) is 42.5 Å². The minimum Gasteiger partial charge on any atom is -0.465 e. The van der Waals surface area contributed by atoms with Gasteiger partial charge in [-0.05, 0) is 97.2 Å². The van der Waals surface area contributed by atoms with Crippen molar-refractivity contribution in [3.05, 3.63) is 88.4 Å². The van der Waals surface area contributed by atoms with Crippen LogP contribution < -0.4 is 21.7 Å². The molecule has 0 radical (unpaired) electrons. The van der Waals surface area contributed by atoms with Crippen LogP contribution in [0, 0.1) is 18.8 Å². The number of carbonyl (C=O) groups is 3. The van der Waals surface area contributed by atoms with E-state index in [1.807, 2.05) is 31.2 Å². The van der Waals surface area contributed by atoms with E-state index < -0.39 is 33.8 Å². The highest BCUT2D eigenvalue weighted by molar-refractivity contribution is 7.89. The molecule has 1 atom stereocenters. The highest BCUT2D eigenvalue weighted by atomic mass is 32.2. The number of sulfonamides is 1. The van der Waals surface area contributed by atoms with Crippen LogP contribution in [-0.2, 0) is 30.8 Å². The summed E-state index contributed by atoms with van der Waals surface area (Å²) in [7, 11) is -3.73. The predicted molar refractivity (Wildman–Crippen MR) is 194 cm³/mol. The smallest absolute Gasteiger partial charge is 0.439 e. The van der Waals surface area contributed by atoms with E-state index in [0.717, 1.165) is 22.3 Å². The fourth-order valence-electron chi connectivity index (χ4n) is 6.76. The van der Waals surface area contributed by atoms with Crippen molar-refractivity contribution in [1.29, 1.82) is 0 Å². The highest BCUT2D eigenvalue weighted by Gasteiger charge is 2.31. The van der Waals surface area contributed by atoms with Crippen LogP contribution >= 0.6 is 0 Å². The van der Waals surface area contributed by atoms with Crippen molar-refractivity contribution in [2.75, 3.05) is 38.2 Å². The molecule has 3 amide bonds. The number of rotatable bonds is 12. The van der Waals surface area contributed by atoms with Crippen LogP contribution in [0.25, 0.3) is 22.5 Å². The maximum atomic E-state index is 13.9. The van der Waals surface area contributed by atoms with Gasteiger partial charge in [0.1, 0.15) is 6.04 Å². The predicted octanol–water partition coefficient (Wildman–Crippen LogP) is 3.77. The Morgan fingerprint density at radius 3 is 2.40 bits per heavy atom. The van der Waals surface area contributed by atoms with Gasteiger partial charge >= 0.3 is 11.8 Å². The molecule has 6 rings (SSSR count). The number of ether oxygens (including phenoxy) is 1. The number of hydrogen-bond donors (Lipinski definition) is 5. The fourth-order valence-corrected chi connectivity index (χ4v) is 8.20. The van der Waals surface area contributed by atoms with Gasteiger partial charge in [0.2, 0.25) is 21.8 Å². The van der Waals surface area contributed by atoms with E-state index in [0.29, 0.717) is 56.7 Å². The summed E-state index contributed by atoms with van der Waals surface area (Å²) in [5.41, 5.74) is 4.14. The van der Waals surface area contributed by atoms with Gasteiger partial charge in [-0.3, -0.25) is 19.1 Å². The summed E-state index contributed by atoms with van der Waals surface area (Å²) in [4.78, 5) is 52.4. The molecule has 16 heteroatoms. The normalized spacial score (nSPS) is 18.5. The average molecular weight is 747 g/mol. The second-order valence-corrected chi connectivity index (χ2v) is 15.3. The molecule has 1 aliphatic carbocycles. The first-order valence-corrected chi connectivity index (χ1v) is 18.9. The van der Waals surface area contributed by atoms with E-state index in [-0.39, 0.29) is 48.0 Å². The molecule has 2 fully saturated rings. The number of aromatic nitrogens is 2. The van der Waals surface area contributed by atoms with Crippen molar-refractivity contribution in [2.24, 2.45) is 11.8 Å². The number of nitrogens with one attached hydrogen (secondary N) is 4. The molecule has 2 aliphatic rings. The largest absolute Gasteiger partial charge is 0.465 e. The highest BCUT2D eigenvalue weighted by Crippen LogP contribution is 2.31. The maximum Gasteiger partial charge on any atom is 0.439 e. The van der Waals surface area contributed by atoms with Crippen molar-refractivity contribution < 1.29 is 37.2 Å². The third-order valence-corrected chi connectivity index (χ3v) is 11.6. The third-order valence-electron chi connectivity index (χ3n) is 9.75. The molecule has 3 aromatic carbocycles. The Morgan fingerprint density at radius 1 is 0.981 bits per heavy atom. The summed E-state index contributed by atoms with van der Waals surface area (Å²) < 4.78 is 38.3. The Bertz CT molecular complexity index is 2100. The molecule has 0 bridgehead atoms. The first-order chi connectivity index (χ1) is 25.5. The third kappa shape index (κ3) is 9.38. The maximum absolute atomic E-state index is 13.9. The summed E-state index contributed by atoms with van der Waals surface area (Å²) in [5, 5.41) is 20.9. The number of H-pyrrole nitrogens is 1. The molecule has 1 saturated heterocycles. The molecular formula is C37H42N6O9S. The number of anilines is 1. The average Bonchev–Trinajstić information content (AvgIpc) is 3.60. The zero-order valence-corrected chi connectivity index (χ0v) is 30.0. The van der Waals surface area contributed by atoms with Crippen molar-refractivity contribution in [3.8, 4) is 22.5 Å². The summed E-state index contributed by atoms with van der Waals surface area (Å²) in [6, 6.07) is 18.2. The lowest BCUT2D eigenvalue weighted by molar-refractivity contribution is -0.130. The Morgan fingerprint density at radius 2 is 1.72 bits per heavy atom. The first kappa shape index (κ1) is 37.4. The number of carboxylic acid groups (broad SMARTS) is 1. The Kier molecular flexibility index (Phi) is 11.7. The Labute approximate surface area is 306 Å². The second-order valence-electron chi connectivity index (χ2n) is 13.4. The molecule has 53 heavy (non-hydrogen) atoms. The number of aromatic amines is 1. The summed E-state index contributed by atoms with van der Waals surface area (Å²) in [6.45, 7) is 3.48. The van der Waals surface area contributed by atoms with Crippen LogP contribution in [0.15, 0.2) is 80.9 Å². The van der Waals surface area contributed by atoms with E-state index >= 15 is 0 Å². The molecule has 0 unspecified atom stereocenters. The molecule has 1 aromatic heterocycles. The fraction of sp³-hybridized carbons (Fsp3) is 0.378. The van der Waals surface area contributed by atoms with Crippen LogP contribution in [-0.4, -0.2) is 84.8 Å². The molecule has 1 aliphatic heterocycles. The molecule has 1 saturated carbocycles. The van der Waals surface area contributed by atoms with Gasteiger partial charge in [-0.1, -0.05) is 35.5 Å². The van der Waals surface area contributed by atoms with E-state index in [2.05, 4.69) is 30.6 Å². The van der Waals surface area contributed by atoms with Crippen molar-refractivity contribution >= 4 is 33.6 Å². The molecule has 5 N–H and O–H groups in total. The van der Waals surface area contributed by atoms with E-state index in [4.69, 9.17) is 9.84 Å². The molecule has 4 aromatic rings. The lowest BCUT2D eigenvalue weighted by Gasteiger charge is -2.29. The summed E-state index contributed by atoms with van der Waals surface area (Å²) in [6.07, 6.45) is 1.56. The number of aryl methyl sites for hydroxylation is 1. The van der Waals surface area contributed by atoms with Crippen LogP contribution in [0.1, 0.15) is 36.8 Å². The van der Waals surface area contributed by atoms with Gasteiger partial charge in [0.15, 0.2) is 5.82 Å². The molecular weight excluding hydrogens is 705 g/mol. The van der Waals surface area contributed by atoms with Gasteiger partial charge in [-0.2, -0.15) is 4.31 Å². The van der Waals surface area contributed by atoms with Crippen LogP contribution in [0.4, 0.5) is 10.5 Å². The first-order valence-electron chi connectivity index (χ1n) is 17.5. The van der Waals surface area contributed by atoms with Crippen LogP contribution in [0.3, 0.4) is 0 Å². The van der Waals surface area contributed by atoms with Gasteiger partial charge in [0.05, 0.1) is 18.1 Å². The van der Waals surface area contributed by atoms with Gasteiger partial charge in [0.25, 0.3) is 0 Å². The molecule has 15 nitrogen and oxygen atoms in total. The SMILES string of the molecule is Cc1ccc(S(=O)(=O)N2CCOCC2)cc1-c1cccc(C[C@H](NC(=O)C2CCC(CNC(=O)O)CC2)C(=O)Nc2ccc(-c3noc(=O)[nH]3)cc2)c1. The van der Waals surface area contributed by atoms with Crippen molar-refractivity contribution in [3.63, 3.8) is 0 Å². The lowest BCUT2D eigenvalue weighted by Crippen LogP contribution is -2.48. The van der Waals surface area contributed by atoms with Crippen molar-refractivity contribution in [2.45, 2.75) is 50.0 Å². The molecule has 2 heterocycles.